The number of rotatable bonds is 7. The quantitative estimate of drug-likeness (QED) is 0.671. The number of amides is 2. The fraction of sp³-hybridized carbons (Fsp3) is 0.591. The van der Waals surface area contributed by atoms with E-state index in [4.69, 9.17) is 9.51 Å². The molecule has 2 aliphatic rings. The summed E-state index contributed by atoms with van der Waals surface area (Å²) in [6, 6.07) is 3.84. The molecule has 0 N–H and O–H groups in total. The average molecular weight is 427 g/mol. The molecule has 1 aliphatic carbocycles. The van der Waals surface area contributed by atoms with Crippen molar-refractivity contribution in [3.05, 3.63) is 35.1 Å². The lowest BCUT2D eigenvalue weighted by atomic mass is 10.0. The Morgan fingerprint density at radius 3 is 2.55 bits per heavy atom. The molecule has 2 fully saturated rings. The number of anilines is 1. The zero-order valence-corrected chi connectivity index (χ0v) is 18.8. The zero-order chi connectivity index (χ0) is 22.3. The third-order valence-corrected chi connectivity index (χ3v) is 5.89. The summed E-state index contributed by atoms with van der Waals surface area (Å²) in [6.45, 7) is 4.94. The Morgan fingerprint density at radius 2 is 1.94 bits per heavy atom. The molecule has 1 atom stereocenters. The summed E-state index contributed by atoms with van der Waals surface area (Å²) in [6.07, 6.45) is 2.62. The van der Waals surface area contributed by atoms with Gasteiger partial charge in [-0.05, 0) is 26.7 Å². The van der Waals surface area contributed by atoms with Crippen molar-refractivity contribution in [1.29, 1.82) is 0 Å². The molecule has 1 saturated heterocycles. The first-order valence-corrected chi connectivity index (χ1v) is 10.8. The molecular formula is C22H30N6O3. The van der Waals surface area contributed by atoms with Crippen LogP contribution in [0.1, 0.15) is 72.7 Å². The smallest absolute Gasteiger partial charge is 0.276 e. The molecule has 0 aromatic carbocycles. The van der Waals surface area contributed by atoms with Gasteiger partial charge in [-0.3, -0.25) is 9.59 Å². The molecule has 166 valence electrons. The maximum absolute atomic E-state index is 12.8. The number of carbonyl (C=O) groups excluding carboxylic acids is 2. The SMILES string of the molecule is CC(C)N1C[C@@H](c2cc(N(C)C)nc(CN(C)C(=O)c3cc(C4CC4)on3)n2)CC1=O. The Morgan fingerprint density at radius 1 is 1.19 bits per heavy atom. The van der Waals surface area contributed by atoms with Crippen LogP contribution in [-0.2, 0) is 11.3 Å². The number of likely N-dealkylation sites (tertiary alicyclic amines) is 1. The Hall–Kier alpha value is -2.97. The van der Waals surface area contributed by atoms with E-state index in [1.165, 1.54) is 0 Å². The van der Waals surface area contributed by atoms with E-state index in [1.54, 1.807) is 18.0 Å². The highest BCUT2D eigenvalue weighted by atomic mass is 16.5. The first kappa shape index (κ1) is 21.3. The summed E-state index contributed by atoms with van der Waals surface area (Å²) in [5.41, 5.74) is 1.14. The highest BCUT2D eigenvalue weighted by Crippen LogP contribution is 2.40. The van der Waals surface area contributed by atoms with E-state index in [0.717, 1.165) is 30.1 Å². The Labute approximate surface area is 182 Å². The molecule has 3 heterocycles. The van der Waals surface area contributed by atoms with Gasteiger partial charge in [0.15, 0.2) is 5.69 Å². The molecule has 0 radical (unpaired) electrons. The van der Waals surface area contributed by atoms with Crippen molar-refractivity contribution in [2.24, 2.45) is 0 Å². The van der Waals surface area contributed by atoms with Crippen LogP contribution in [0.15, 0.2) is 16.7 Å². The minimum Gasteiger partial charge on any atom is -0.363 e. The van der Waals surface area contributed by atoms with Crippen LogP contribution in [0.5, 0.6) is 0 Å². The Bertz CT molecular complexity index is 981. The summed E-state index contributed by atoms with van der Waals surface area (Å²) in [4.78, 5) is 39.9. The standard InChI is InChI=1S/C22H30N6O3/c1-13(2)28-11-15(8-21(28)29)16-10-20(26(3)4)24-19(23-16)12-27(5)22(30)17-9-18(31-25-17)14-6-7-14/h9-10,13-15H,6-8,11-12H2,1-5H3/t15-/m0/s1. The monoisotopic (exact) mass is 426 g/mol. The number of carbonyl (C=O) groups is 2. The van der Waals surface area contributed by atoms with Crippen LogP contribution < -0.4 is 4.90 Å². The van der Waals surface area contributed by atoms with Crippen LogP contribution in [-0.4, -0.2) is 70.5 Å². The van der Waals surface area contributed by atoms with Gasteiger partial charge in [0.25, 0.3) is 5.91 Å². The van der Waals surface area contributed by atoms with Crippen molar-refractivity contribution in [3.63, 3.8) is 0 Å². The summed E-state index contributed by atoms with van der Waals surface area (Å²) in [5, 5.41) is 3.94. The normalized spacial score (nSPS) is 18.7. The summed E-state index contributed by atoms with van der Waals surface area (Å²) in [7, 11) is 5.54. The molecule has 9 heteroatoms. The second kappa shape index (κ2) is 8.28. The molecule has 1 aliphatic heterocycles. The van der Waals surface area contributed by atoms with Crippen LogP contribution in [0.3, 0.4) is 0 Å². The van der Waals surface area contributed by atoms with Gasteiger partial charge >= 0.3 is 0 Å². The van der Waals surface area contributed by atoms with Gasteiger partial charge in [-0.1, -0.05) is 5.16 Å². The van der Waals surface area contributed by atoms with Gasteiger partial charge in [-0.25, -0.2) is 9.97 Å². The number of hydrogen-bond donors (Lipinski definition) is 0. The third kappa shape index (κ3) is 4.55. The predicted octanol–water partition coefficient (Wildman–Crippen LogP) is 2.40. The van der Waals surface area contributed by atoms with Gasteiger partial charge in [0.1, 0.15) is 17.4 Å². The zero-order valence-electron chi connectivity index (χ0n) is 18.8. The van der Waals surface area contributed by atoms with E-state index in [0.29, 0.717) is 30.4 Å². The summed E-state index contributed by atoms with van der Waals surface area (Å²) >= 11 is 0. The van der Waals surface area contributed by atoms with Crippen LogP contribution >= 0.6 is 0 Å². The third-order valence-electron chi connectivity index (χ3n) is 5.89. The van der Waals surface area contributed by atoms with Gasteiger partial charge in [0, 0.05) is 64.1 Å². The molecule has 0 unspecified atom stereocenters. The predicted molar refractivity (Wildman–Crippen MR) is 115 cm³/mol. The molecule has 2 amide bonds. The van der Waals surface area contributed by atoms with Gasteiger partial charge in [0.05, 0.1) is 12.2 Å². The first-order valence-electron chi connectivity index (χ1n) is 10.8. The van der Waals surface area contributed by atoms with Crippen molar-refractivity contribution < 1.29 is 14.1 Å². The Balaban J connectivity index is 1.53. The molecular weight excluding hydrogens is 396 g/mol. The van der Waals surface area contributed by atoms with Crippen molar-refractivity contribution in [2.75, 3.05) is 32.6 Å². The van der Waals surface area contributed by atoms with Crippen molar-refractivity contribution in [3.8, 4) is 0 Å². The van der Waals surface area contributed by atoms with E-state index in [1.807, 2.05) is 43.8 Å². The lowest BCUT2D eigenvalue weighted by Gasteiger charge is -2.22. The molecule has 9 nitrogen and oxygen atoms in total. The molecule has 2 aromatic rings. The molecule has 1 saturated carbocycles. The number of nitrogens with zero attached hydrogens (tertiary/aromatic N) is 6. The second-order valence-corrected chi connectivity index (χ2v) is 9.05. The highest BCUT2D eigenvalue weighted by Gasteiger charge is 2.34. The second-order valence-electron chi connectivity index (χ2n) is 9.05. The summed E-state index contributed by atoms with van der Waals surface area (Å²) in [5.74, 6) is 2.43. The maximum Gasteiger partial charge on any atom is 0.276 e. The number of aromatic nitrogens is 3. The average Bonchev–Trinajstić information content (AvgIpc) is 3.31. The van der Waals surface area contributed by atoms with Crippen LogP contribution in [0.4, 0.5) is 5.82 Å². The fourth-order valence-electron chi connectivity index (χ4n) is 3.87. The minimum absolute atomic E-state index is 0.0213. The minimum atomic E-state index is -0.224. The maximum atomic E-state index is 12.8. The highest BCUT2D eigenvalue weighted by molar-refractivity contribution is 5.92. The molecule has 0 spiro atoms. The van der Waals surface area contributed by atoms with E-state index in [2.05, 4.69) is 10.1 Å². The van der Waals surface area contributed by atoms with Crippen LogP contribution in [0.25, 0.3) is 0 Å². The van der Waals surface area contributed by atoms with E-state index in [9.17, 15) is 9.59 Å². The van der Waals surface area contributed by atoms with Crippen molar-refractivity contribution >= 4 is 17.6 Å². The molecule has 2 aromatic heterocycles. The van der Waals surface area contributed by atoms with E-state index < -0.39 is 0 Å². The van der Waals surface area contributed by atoms with Gasteiger partial charge in [0.2, 0.25) is 5.91 Å². The fourth-order valence-corrected chi connectivity index (χ4v) is 3.87. The van der Waals surface area contributed by atoms with Gasteiger partial charge in [-0.15, -0.1) is 0 Å². The molecule has 0 bridgehead atoms. The molecule has 31 heavy (non-hydrogen) atoms. The van der Waals surface area contributed by atoms with Crippen molar-refractivity contribution in [2.45, 2.75) is 57.5 Å². The van der Waals surface area contributed by atoms with E-state index >= 15 is 0 Å². The molecule has 4 rings (SSSR count). The van der Waals surface area contributed by atoms with Crippen molar-refractivity contribution in [1.82, 2.24) is 24.9 Å². The first-order chi connectivity index (χ1) is 14.7. The van der Waals surface area contributed by atoms with Crippen LogP contribution in [0, 0.1) is 0 Å². The van der Waals surface area contributed by atoms with Crippen LogP contribution in [0.2, 0.25) is 0 Å². The lowest BCUT2D eigenvalue weighted by molar-refractivity contribution is -0.129. The Kier molecular flexibility index (Phi) is 5.68. The van der Waals surface area contributed by atoms with Gasteiger partial charge in [-0.2, -0.15) is 0 Å². The summed E-state index contributed by atoms with van der Waals surface area (Å²) < 4.78 is 5.31. The van der Waals surface area contributed by atoms with Gasteiger partial charge < -0.3 is 19.2 Å². The largest absolute Gasteiger partial charge is 0.363 e. The van der Waals surface area contributed by atoms with E-state index in [-0.39, 0.29) is 30.3 Å². The number of hydrogen-bond acceptors (Lipinski definition) is 7. The topological polar surface area (TPSA) is 95.7 Å². The lowest BCUT2D eigenvalue weighted by Crippen LogP contribution is -2.32.